The highest BCUT2D eigenvalue weighted by Gasteiger charge is 2.56. The van der Waals surface area contributed by atoms with E-state index in [0.29, 0.717) is 12.5 Å². The highest BCUT2D eigenvalue weighted by atomic mass is 28.4. The van der Waals surface area contributed by atoms with E-state index in [0.717, 1.165) is 19.3 Å². The maximum atomic E-state index is 11.6. The van der Waals surface area contributed by atoms with Crippen molar-refractivity contribution in [1.82, 2.24) is 0 Å². The third-order valence-corrected chi connectivity index (χ3v) is 12.8. The van der Waals surface area contributed by atoms with E-state index in [4.69, 9.17) is 4.43 Å². The minimum absolute atomic E-state index is 0.0115. The number of rotatable bonds is 5. The van der Waals surface area contributed by atoms with Gasteiger partial charge in [-0.1, -0.05) is 107 Å². The Bertz CT molecular complexity index is 774. The first-order chi connectivity index (χ1) is 14.4. The van der Waals surface area contributed by atoms with Crippen molar-refractivity contribution in [3.8, 4) is 0 Å². The van der Waals surface area contributed by atoms with Crippen LogP contribution in [-0.4, -0.2) is 25.6 Å². The SMILES string of the molecule is CC(C)(C)[Si](OC[C@@H]1C[C@@H]2CCCCCC[C@]12O)(c1ccccc1)c1ccccc1. The monoisotopic (exact) mass is 422 g/mol. The van der Waals surface area contributed by atoms with E-state index in [1.807, 2.05) is 0 Å². The fourth-order valence-corrected chi connectivity index (χ4v) is 10.7. The topological polar surface area (TPSA) is 29.5 Å². The summed E-state index contributed by atoms with van der Waals surface area (Å²) in [4.78, 5) is 0. The van der Waals surface area contributed by atoms with E-state index in [9.17, 15) is 5.11 Å². The van der Waals surface area contributed by atoms with Crippen molar-refractivity contribution in [2.24, 2.45) is 11.8 Å². The van der Waals surface area contributed by atoms with E-state index in [1.165, 1.54) is 36.1 Å². The lowest BCUT2D eigenvalue weighted by Crippen LogP contribution is -2.68. The quantitative estimate of drug-likeness (QED) is 0.664. The highest BCUT2D eigenvalue weighted by Crippen LogP contribution is 2.51. The van der Waals surface area contributed by atoms with E-state index in [1.54, 1.807) is 0 Å². The van der Waals surface area contributed by atoms with E-state index >= 15 is 0 Å². The predicted octanol–water partition coefficient (Wildman–Crippen LogP) is 5.28. The van der Waals surface area contributed by atoms with Gasteiger partial charge in [0.05, 0.1) is 5.60 Å². The van der Waals surface area contributed by atoms with Crippen LogP contribution in [0.5, 0.6) is 0 Å². The van der Waals surface area contributed by atoms with Crippen molar-refractivity contribution in [3.05, 3.63) is 60.7 Å². The second-order valence-electron chi connectivity index (χ2n) is 10.5. The van der Waals surface area contributed by atoms with E-state index in [-0.39, 0.29) is 11.0 Å². The molecule has 0 radical (unpaired) electrons. The van der Waals surface area contributed by atoms with Gasteiger partial charge in [0.25, 0.3) is 8.32 Å². The predicted molar refractivity (Wildman–Crippen MR) is 128 cm³/mol. The van der Waals surface area contributed by atoms with Crippen LogP contribution < -0.4 is 10.4 Å². The molecule has 0 amide bonds. The molecule has 0 aromatic heterocycles. The molecule has 2 fully saturated rings. The second kappa shape index (κ2) is 8.61. The summed E-state index contributed by atoms with van der Waals surface area (Å²) in [5.41, 5.74) is -0.508. The average Bonchev–Trinajstić information content (AvgIpc) is 2.73. The second-order valence-corrected chi connectivity index (χ2v) is 14.9. The van der Waals surface area contributed by atoms with Crippen molar-refractivity contribution in [1.29, 1.82) is 0 Å². The van der Waals surface area contributed by atoms with Crippen LogP contribution in [-0.2, 0) is 4.43 Å². The Kier molecular flexibility index (Phi) is 6.25. The first kappa shape index (κ1) is 21.8. The molecule has 1 N–H and O–H groups in total. The zero-order chi connectivity index (χ0) is 21.2. The summed E-state index contributed by atoms with van der Waals surface area (Å²) in [5, 5.41) is 14.2. The molecule has 2 saturated carbocycles. The molecule has 4 rings (SSSR count). The summed E-state index contributed by atoms with van der Waals surface area (Å²) in [6, 6.07) is 21.7. The van der Waals surface area contributed by atoms with Crippen molar-refractivity contribution in [3.63, 3.8) is 0 Å². The van der Waals surface area contributed by atoms with Crippen molar-refractivity contribution < 1.29 is 9.53 Å². The Morgan fingerprint density at radius 2 is 1.47 bits per heavy atom. The minimum Gasteiger partial charge on any atom is -0.407 e. The summed E-state index contributed by atoms with van der Waals surface area (Å²) in [6.45, 7) is 7.65. The van der Waals surface area contributed by atoms with Crippen LogP contribution in [0.15, 0.2) is 60.7 Å². The van der Waals surface area contributed by atoms with Gasteiger partial charge in [0.1, 0.15) is 0 Å². The van der Waals surface area contributed by atoms with Gasteiger partial charge in [-0.15, -0.1) is 0 Å². The minimum atomic E-state index is -2.52. The molecular weight excluding hydrogens is 384 g/mol. The van der Waals surface area contributed by atoms with Gasteiger partial charge in [0.2, 0.25) is 0 Å². The lowest BCUT2D eigenvalue weighted by atomic mass is 9.57. The van der Waals surface area contributed by atoms with Crippen molar-refractivity contribution >= 4 is 18.7 Å². The molecule has 2 aliphatic carbocycles. The van der Waals surface area contributed by atoms with Crippen LogP contribution in [0.25, 0.3) is 0 Å². The van der Waals surface area contributed by atoms with E-state index < -0.39 is 13.9 Å². The van der Waals surface area contributed by atoms with Crippen LogP contribution in [0.1, 0.15) is 65.7 Å². The van der Waals surface area contributed by atoms with Crippen LogP contribution in [0.4, 0.5) is 0 Å². The Hall–Kier alpha value is -1.42. The Labute approximate surface area is 183 Å². The highest BCUT2D eigenvalue weighted by molar-refractivity contribution is 6.99. The maximum absolute atomic E-state index is 11.6. The van der Waals surface area contributed by atoms with Crippen LogP contribution in [0.3, 0.4) is 0 Å². The smallest absolute Gasteiger partial charge is 0.261 e. The average molecular weight is 423 g/mol. The molecule has 2 aromatic carbocycles. The summed E-state index contributed by atoms with van der Waals surface area (Å²) in [7, 11) is -2.52. The number of fused-ring (bicyclic) bond motifs is 1. The summed E-state index contributed by atoms with van der Waals surface area (Å²) in [5.74, 6) is 0.743. The van der Waals surface area contributed by atoms with Crippen molar-refractivity contribution in [2.75, 3.05) is 6.61 Å². The van der Waals surface area contributed by atoms with Crippen LogP contribution in [0.2, 0.25) is 5.04 Å². The summed E-state index contributed by atoms with van der Waals surface area (Å²) < 4.78 is 7.14. The van der Waals surface area contributed by atoms with Gasteiger partial charge in [-0.3, -0.25) is 0 Å². The lowest BCUT2D eigenvalue weighted by Gasteiger charge is -2.55. The van der Waals surface area contributed by atoms with Crippen molar-refractivity contribution in [2.45, 2.75) is 76.4 Å². The van der Waals surface area contributed by atoms with Gasteiger partial charge in [0, 0.05) is 12.5 Å². The zero-order valence-electron chi connectivity index (χ0n) is 18.9. The van der Waals surface area contributed by atoms with Crippen LogP contribution in [0, 0.1) is 11.8 Å². The Morgan fingerprint density at radius 3 is 2.03 bits per heavy atom. The standard InChI is InChI=1S/C27H38O2Si/c1-26(2,3)30(24-15-9-6-10-16-24,25-17-11-7-12-18-25)29-21-23-20-22-14-8-4-5-13-19-27(22,23)28/h6-7,9-12,15-18,22-23,28H,4-5,8,13-14,19-21H2,1-3H3/t22-,23-,27+/m0/s1. The molecule has 0 bridgehead atoms. The molecule has 2 nitrogen and oxygen atoms in total. The molecule has 3 heteroatoms. The molecule has 3 atom stereocenters. The molecule has 0 spiro atoms. The summed E-state index contributed by atoms with van der Waals surface area (Å²) >= 11 is 0. The normalized spacial score (nSPS) is 27.5. The van der Waals surface area contributed by atoms with E-state index in [2.05, 4.69) is 81.4 Å². The molecule has 2 aliphatic rings. The van der Waals surface area contributed by atoms with Gasteiger partial charge in [0.15, 0.2) is 0 Å². The Balaban J connectivity index is 1.66. The third kappa shape index (κ3) is 3.81. The first-order valence-electron chi connectivity index (χ1n) is 11.9. The molecular formula is C27H38O2Si. The lowest BCUT2D eigenvalue weighted by molar-refractivity contribution is -0.173. The number of aliphatic hydroxyl groups is 1. The zero-order valence-corrected chi connectivity index (χ0v) is 19.9. The van der Waals surface area contributed by atoms with Gasteiger partial charge in [-0.05, 0) is 40.6 Å². The molecule has 162 valence electrons. The fraction of sp³-hybridized carbons (Fsp3) is 0.556. The van der Waals surface area contributed by atoms with Gasteiger partial charge in [-0.25, -0.2) is 0 Å². The fourth-order valence-electron chi connectivity index (χ4n) is 6.05. The molecule has 0 heterocycles. The van der Waals surface area contributed by atoms with Gasteiger partial charge in [-0.2, -0.15) is 0 Å². The third-order valence-electron chi connectivity index (χ3n) is 7.78. The van der Waals surface area contributed by atoms with Crippen LogP contribution >= 0.6 is 0 Å². The molecule has 0 saturated heterocycles. The Morgan fingerprint density at radius 1 is 0.900 bits per heavy atom. The molecule has 0 unspecified atom stereocenters. The van der Waals surface area contributed by atoms with Gasteiger partial charge >= 0.3 is 0 Å². The first-order valence-corrected chi connectivity index (χ1v) is 13.8. The van der Waals surface area contributed by atoms with Gasteiger partial charge < -0.3 is 9.53 Å². The molecule has 0 aliphatic heterocycles. The number of benzene rings is 2. The molecule has 30 heavy (non-hydrogen) atoms. The maximum Gasteiger partial charge on any atom is 0.261 e. The largest absolute Gasteiger partial charge is 0.407 e. The number of hydrogen-bond acceptors (Lipinski definition) is 2. The molecule has 2 aromatic rings. The number of hydrogen-bond donors (Lipinski definition) is 1. The summed E-state index contributed by atoms with van der Waals surface area (Å²) in [6.07, 6.45) is 8.28.